The highest BCUT2D eigenvalue weighted by molar-refractivity contribution is 5.42. The van der Waals surface area contributed by atoms with Crippen LogP contribution >= 0.6 is 0 Å². The van der Waals surface area contributed by atoms with Crippen molar-refractivity contribution in [1.29, 1.82) is 0 Å². The van der Waals surface area contributed by atoms with Gasteiger partial charge in [-0.3, -0.25) is 10.1 Å². The molecule has 0 unspecified atom stereocenters. The van der Waals surface area contributed by atoms with Crippen molar-refractivity contribution in [1.82, 2.24) is 5.32 Å². The summed E-state index contributed by atoms with van der Waals surface area (Å²) in [4.78, 5) is 10.6. The predicted molar refractivity (Wildman–Crippen MR) is 87.4 cm³/mol. The fourth-order valence-corrected chi connectivity index (χ4v) is 2.25. The molecule has 0 fully saturated rings. The van der Waals surface area contributed by atoms with Crippen LogP contribution in [0.4, 0.5) is 5.69 Å². The summed E-state index contributed by atoms with van der Waals surface area (Å²) in [5.41, 5.74) is 2.62. The molecule has 0 aliphatic carbocycles. The standard InChI is InChI=1S/C17H20N2O4/c1-13-6-7-14(10-16(13)19(21)22)11-18-12-15-4-2-3-5-17(15)23-9-8-20/h2-7,10,18,20H,8-9,11-12H2,1H3. The number of rotatable bonds is 8. The Bertz CT molecular complexity index is 673. The van der Waals surface area contributed by atoms with Gasteiger partial charge in [0.25, 0.3) is 5.69 Å². The number of aryl methyl sites for hydroxylation is 1. The maximum atomic E-state index is 11.0. The van der Waals surface area contributed by atoms with E-state index >= 15 is 0 Å². The zero-order valence-electron chi connectivity index (χ0n) is 13.0. The molecule has 0 aromatic heterocycles. The van der Waals surface area contributed by atoms with Crippen molar-refractivity contribution >= 4 is 5.69 Å². The first-order chi connectivity index (χ1) is 11.1. The largest absolute Gasteiger partial charge is 0.491 e. The molecule has 2 aromatic rings. The molecule has 0 bridgehead atoms. The van der Waals surface area contributed by atoms with E-state index < -0.39 is 0 Å². The Hall–Kier alpha value is -2.44. The molecule has 0 heterocycles. The molecule has 2 N–H and O–H groups in total. The van der Waals surface area contributed by atoms with Crippen LogP contribution in [-0.4, -0.2) is 23.2 Å². The summed E-state index contributed by atoms with van der Waals surface area (Å²) in [6, 6.07) is 12.8. The summed E-state index contributed by atoms with van der Waals surface area (Å²) >= 11 is 0. The Balaban J connectivity index is 1.98. The van der Waals surface area contributed by atoms with E-state index in [4.69, 9.17) is 9.84 Å². The third kappa shape index (κ3) is 4.77. The van der Waals surface area contributed by atoms with Gasteiger partial charge in [0.05, 0.1) is 11.5 Å². The lowest BCUT2D eigenvalue weighted by Crippen LogP contribution is -2.14. The molecule has 0 atom stereocenters. The second-order valence-electron chi connectivity index (χ2n) is 5.16. The first-order valence-corrected chi connectivity index (χ1v) is 7.38. The smallest absolute Gasteiger partial charge is 0.272 e. The third-order valence-electron chi connectivity index (χ3n) is 3.44. The van der Waals surface area contributed by atoms with Gasteiger partial charge in [-0.25, -0.2) is 0 Å². The molecule has 6 heteroatoms. The van der Waals surface area contributed by atoms with E-state index in [2.05, 4.69) is 5.32 Å². The summed E-state index contributed by atoms with van der Waals surface area (Å²) in [6.07, 6.45) is 0. The average molecular weight is 316 g/mol. The molecule has 122 valence electrons. The average Bonchev–Trinajstić information content (AvgIpc) is 2.55. The molecule has 0 radical (unpaired) electrons. The molecule has 6 nitrogen and oxygen atoms in total. The number of ether oxygens (including phenoxy) is 1. The quantitative estimate of drug-likeness (QED) is 0.577. The number of aliphatic hydroxyl groups excluding tert-OH is 1. The molecule has 2 aromatic carbocycles. The van der Waals surface area contributed by atoms with Crippen LogP contribution in [-0.2, 0) is 13.1 Å². The fourth-order valence-electron chi connectivity index (χ4n) is 2.25. The molecule has 0 spiro atoms. The lowest BCUT2D eigenvalue weighted by atomic mass is 10.1. The van der Waals surface area contributed by atoms with Crippen LogP contribution in [0.2, 0.25) is 0 Å². The van der Waals surface area contributed by atoms with Gasteiger partial charge in [-0.05, 0) is 18.6 Å². The van der Waals surface area contributed by atoms with Crippen LogP contribution in [0.1, 0.15) is 16.7 Å². The van der Waals surface area contributed by atoms with Crippen molar-refractivity contribution in [3.05, 3.63) is 69.3 Å². The van der Waals surface area contributed by atoms with Gasteiger partial charge >= 0.3 is 0 Å². The van der Waals surface area contributed by atoms with Crippen LogP contribution in [0.15, 0.2) is 42.5 Å². The monoisotopic (exact) mass is 316 g/mol. The second kappa shape index (κ2) is 8.26. The summed E-state index contributed by atoms with van der Waals surface area (Å²) in [5, 5.41) is 23.1. The van der Waals surface area contributed by atoms with Gasteiger partial charge < -0.3 is 15.2 Å². The maximum Gasteiger partial charge on any atom is 0.272 e. The van der Waals surface area contributed by atoms with E-state index in [1.807, 2.05) is 30.3 Å². The van der Waals surface area contributed by atoms with Gasteiger partial charge in [0.1, 0.15) is 12.4 Å². The van der Waals surface area contributed by atoms with Crippen LogP contribution in [0.3, 0.4) is 0 Å². The number of nitro benzene ring substituents is 1. The molecule has 0 saturated heterocycles. The number of nitrogens with one attached hydrogen (secondary N) is 1. The first-order valence-electron chi connectivity index (χ1n) is 7.38. The summed E-state index contributed by atoms with van der Waals surface area (Å²) in [7, 11) is 0. The molecular weight excluding hydrogens is 296 g/mol. The Labute approximate surface area is 134 Å². The number of aliphatic hydroxyl groups is 1. The number of nitrogens with zero attached hydrogens (tertiary/aromatic N) is 1. The van der Waals surface area contributed by atoms with Crippen LogP contribution in [0.25, 0.3) is 0 Å². The van der Waals surface area contributed by atoms with Crippen molar-refractivity contribution in [2.45, 2.75) is 20.0 Å². The Morgan fingerprint density at radius 1 is 1.22 bits per heavy atom. The predicted octanol–water partition coefficient (Wildman–Crippen LogP) is 2.56. The zero-order chi connectivity index (χ0) is 16.7. The summed E-state index contributed by atoms with van der Waals surface area (Å²) < 4.78 is 5.48. The molecule has 0 amide bonds. The van der Waals surface area contributed by atoms with Gasteiger partial charge in [0.15, 0.2) is 0 Å². The van der Waals surface area contributed by atoms with Crippen molar-refractivity contribution in [2.24, 2.45) is 0 Å². The number of nitro groups is 1. The van der Waals surface area contributed by atoms with Gasteiger partial charge in [-0.1, -0.05) is 30.3 Å². The highest BCUT2D eigenvalue weighted by atomic mass is 16.6. The topological polar surface area (TPSA) is 84.6 Å². The minimum Gasteiger partial charge on any atom is -0.491 e. The second-order valence-corrected chi connectivity index (χ2v) is 5.16. The van der Waals surface area contributed by atoms with Crippen molar-refractivity contribution in [3.63, 3.8) is 0 Å². The third-order valence-corrected chi connectivity index (χ3v) is 3.44. The minimum absolute atomic E-state index is 0.0329. The van der Waals surface area contributed by atoms with Gasteiger partial charge in [-0.2, -0.15) is 0 Å². The molecule has 0 aliphatic rings. The van der Waals surface area contributed by atoms with Crippen molar-refractivity contribution in [2.75, 3.05) is 13.2 Å². The van der Waals surface area contributed by atoms with Crippen LogP contribution in [0, 0.1) is 17.0 Å². The van der Waals surface area contributed by atoms with Crippen LogP contribution in [0.5, 0.6) is 5.75 Å². The Kier molecular flexibility index (Phi) is 6.08. The van der Waals surface area contributed by atoms with E-state index in [-0.39, 0.29) is 23.8 Å². The summed E-state index contributed by atoms with van der Waals surface area (Å²) in [5.74, 6) is 0.726. The van der Waals surface area contributed by atoms with E-state index in [1.165, 1.54) is 0 Å². The lowest BCUT2D eigenvalue weighted by Gasteiger charge is -2.11. The minimum atomic E-state index is -0.364. The molecule has 2 rings (SSSR count). The lowest BCUT2D eigenvalue weighted by molar-refractivity contribution is -0.385. The van der Waals surface area contributed by atoms with E-state index in [0.29, 0.717) is 18.7 Å². The summed E-state index contributed by atoms with van der Waals surface area (Å²) in [6.45, 7) is 3.04. The SMILES string of the molecule is Cc1ccc(CNCc2ccccc2OCCO)cc1[N+](=O)[O-]. The number of benzene rings is 2. The highest BCUT2D eigenvalue weighted by Crippen LogP contribution is 2.20. The normalized spacial score (nSPS) is 10.5. The zero-order valence-corrected chi connectivity index (χ0v) is 13.0. The number of hydrogen-bond donors (Lipinski definition) is 2. The molecular formula is C17H20N2O4. The number of para-hydroxylation sites is 1. The van der Waals surface area contributed by atoms with E-state index in [0.717, 1.165) is 16.9 Å². The van der Waals surface area contributed by atoms with Gasteiger partial charge in [0.2, 0.25) is 0 Å². The van der Waals surface area contributed by atoms with E-state index in [9.17, 15) is 10.1 Å². The maximum absolute atomic E-state index is 11.0. The Morgan fingerprint density at radius 2 is 2.00 bits per heavy atom. The van der Waals surface area contributed by atoms with Crippen LogP contribution < -0.4 is 10.1 Å². The first kappa shape index (κ1) is 16.9. The van der Waals surface area contributed by atoms with Crippen molar-refractivity contribution < 1.29 is 14.8 Å². The van der Waals surface area contributed by atoms with Crippen molar-refractivity contribution in [3.8, 4) is 5.75 Å². The highest BCUT2D eigenvalue weighted by Gasteiger charge is 2.10. The molecule has 23 heavy (non-hydrogen) atoms. The molecule has 0 aliphatic heterocycles. The number of hydrogen-bond acceptors (Lipinski definition) is 5. The fraction of sp³-hybridized carbons (Fsp3) is 0.294. The molecule has 0 saturated carbocycles. The van der Waals surface area contributed by atoms with Gasteiger partial charge in [-0.15, -0.1) is 0 Å². The van der Waals surface area contributed by atoms with E-state index in [1.54, 1.807) is 19.1 Å². The van der Waals surface area contributed by atoms with Gasteiger partial charge in [0, 0.05) is 30.3 Å². The Morgan fingerprint density at radius 3 is 2.74 bits per heavy atom.